The van der Waals surface area contributed by atoms with Crippen LogP contribution in [0.3, 0.4) is 0 Å². The van der Waals surface area contributed by atoms with Gasteiger partial charge in [0, 0.05) is 31.4 Å². The number of rotatable bonds is 6. The summed E-state index contributed by atoms with van der Waals surface area (Å²) in [5.74, 6) is 0.851. The van der Waals surface area contributed by atoms with Crippen LogP contribution in [0.4, 0.5) is 5.69 Å². The first-order valence-electron chi connectivity index (χ1n) is 5.76. The summed E-state index contributed by atoms with van der Waals surface area (Å²) in [5.41, 5.74) is 2.09. The molecule has 0 fully saturated rings. The van der Waals surface area contributed by atoms with E-state index in [1.54, 1.807) is 0 Å². The molecule has 0 spiro atoms. The summed E-state index contributed by atoms with van der Waals surface area (Å²) >= 11 is 0. The summed E-state index contributed by atoms with van der Waals surface area (Å²) in [6.07, 6.45) is 0. The zero-order valence-electron chi connectivity index (χ0n) is 9.94. The van der Waals surface area contributed by atoms with Gasteiger partial charge in [-0.15, -0.1) is 0 Å². The first-order chi connectivity index (χ1) is 8.34. The van der Waals surface area contributed by atoms with Gasteiger partial charge in [-0.25, -0.2) is 0 Å². The van der Waals surface area contributed by atoms with Gasteiger partial charge in [0.2, 0.25) is 0 Å². The normalized spacial score (nSPS) is 10.4. The van der Waals surface area contributed by atoms with Crippen LogP contribution in [0.5, 0.6) is 0 Å². The summed E-state index contributed by atoms with van der Waals surface area (Å²) in [7, 11) is 0. The third-order valence-corrected chi connectivity index (χ3v) is 2.39. The lowest BCUT2D eigenvalue weighted by Crippen LogP contribution is -2.21. The van der Waals surface area contributed by atoms with Gasteiger partial charge in [0.1, 0.15) is 5.76 Å². The molecule has 90 valence electrons. The van der Waals surface area contributed by atoms with Gasteiger partial charge in [-0.2, -0.15) is 0 Å². The molecule has 2 rings (SSSR count). The SMILES string of the molecule is Cc1cc(CNCCNc2ccccc2)no1. The standard InChI is InChI=1S/C13H17N3O/c1-11-9-13(16-17-11)10-14-7-8-15-12-5-3-2-4-6-12/h2-6,9,14-15H,7-8,10H2,1H3. The maximum atomic E-state index is 4.99. The van der Waals surface area contributed by atoms with Crippen molar-refractivity contribution in [2.24, 2.45) is 0 Å². The summed E-state index contributed by atoms with van der Waals surface area (Å²) in [6, 6.07) is 12.1. The summed E-state index contributed by atoms with van der Waals surface area (Å²) in [5, 5.41) is 10.5. The molecule has 2 aromatic rings. The Morgan fingerprint density at radius 2 is 2.00 bits per heavy atom. The first kappa shape index (κ1) is 11.7. The minimum atomic E-state index is 0.744. The van der Waals surface area contributed by atoms with Crippen molar-refractivity contribution < 1.29 is 4.52 Å². The fourth-order valence-electron chi connectivity index (χ4n) is 1.57. The fraction of sp³-hybridized carbons (Fsp3) is 0.308. The highest BCUT2D eigenvalue weighted by Gasteiger charge is 1.98. The van der Waals surface area contributed by atoms with E-state index >= 15 is 0 Å². The Kier molecular flexibility index (Phi) is 4.16. The molecule has 0 saturated carbocycles. The predicted octanol–water partition coefficient (Wildman–Crippen LogP) is 2.18. The van der Waals surface area contributed by atoms with Crippen molar-refractivity contribution >= 4 is 5.69 Å². The average Bonchev–Trinajstić information content (AvgIpc) is 2.76. The van der Waals surface area contributed by atoms with Crippen LogP contribution in [0, 0.1) is 6.92 Å². The van der Waals surface area contributed by atoms with Gasteiger partial charge >= 0.3 is 0 Å². The number of benzene rings is 1. The lowest BCUT2D eigenvalue weighted by molar-refractivity contribution is 0.388. The highest BCUT2D eigenvalue weighted by molar-refractivity contribution is 5.42. The van der Waals surface area contributed by atoms with Crippen LogP contribution in [-0.4, -0.2) is 18.2 Å². The number of aryl methyl sites for hydroxylation is 1. The van der Waals surface area contributed by atoms with Crippen molar-refractivity contribution in [3.05, 3.63) is 47.9 Å². The number of nitrogens with zero attached hydrogens (tertiary/aromatic N) is 1. The van der Waals surface area contributed by atoms with Crippen LogP contribution in [-0.2, 0) is 6.54 Å². The van der Waals surface area contributed by atoms with Gasteiger partial charge in [-0.3, -0.25) is 0 Å². The van der Waals surface area contributed by atoms with Gasteiger partial charge < -0.3 is 15.2 Å². The van der Waals surface area contributed by atoms with E-state index in [9.17, 15) is 0 Å². The number of hydrogen-bond acceptors (Lipinski definition) is 4. The quantitative estimate of drug-likeness (QED) is 0.748. The monoisotopic (exact) mass is 231 g/mol. The molecule has 0 atom stereocenters. The molecule has 1 heterocycles. The van der Waals surface area contributed by atoms with Gasteiger partial charge in [0.25, 0.3) is 0 Å². The van der Waals surface area contributed by atoms with Crippen LogP contribution in [0.1, 0.15) is 11.5 Å². The maximum Gasteiger partial charge on any atom is 0.133 e. The highest BCUT2D eigenvalue weighted by atomic mass is 16.5. The molecule has 0 bridgehead atoms. The van der Waals surface area contributed by atoms with E-state index in [2.05, 4.69) is 27.9 Å². The van der Waals surface area contributed by atoms with Crippen molar-refractivity contribution in [2.45, 2.75) is 13.5 Å². The number of hydrogen-bond donors (Lipinski definition) is 2. The van der Waals surface area contributed by atoms with Crippen molar-refractivity contribution in [2.75, 3.05) is 18.4 Å². The van der Waals surface area contributed by atoms with E-state index in [1.165, 1.54) is 0 Å². The molecule has 1 aromatic heterocycles. The topological polar surface area (TPSA) is 50.1 Å². The van der Waals surface area contributed by atoms with Gasteiger partial charge in [-0.05, 0) is 19.1 Å². The van der Waals surface area contributed by atoms with E-state index in [1.807, 2.05) is 31.2 Å². The Bertz CT molecular complexity index is 439. The van der Waals surface area contributed by atoms with Crippen molar-refractivity contribution in [3.8, 4) is 0 Å². The number of aromatic nitrogens is 1. The molecule has 0 radical (unpaired) electrons. The smallest absolute Gasteiger partial charge is 0.133 e. The molecule has 4 nitrogen and oxygen atoms in total. The average molecular weight is 231 g/mol. The van der Waals surface area contributed by atoms with Gasteiger partial charge in [0.15, 0.2) is 0 Å². The largest absolute Gasteiger partial charge is 0.384 e. The predicted molar refractivity (Wildman–Crippen MR) is 67.9 cm³/mol. The van der Waals surface area contributed by atoms with Crippen LogP contribution in [0.25, 0.3) is 0 Å². The molecule has 0 unspecified atom stereocenters. The Hall–Kier alpha value is -1.81. The molecule has 17 heavy (non-hydrogen) atoms. The van der Waals surface area contributed by atoms with Crippen molar-refractivity contribution in [1.29, 1.82) is 0 Å². The summed E-state index contributed by atoms with van der Waals surface area (Å²) < 4.78 is 4.99. The second kappa shape index (κ2) is 6.06. The number of para-hydroxylation sites is 1. The lowest BCUT2D eigenvalue weighted by atomic mass is 10.3. The minimum absolute atomic E-state index is 0.744. The minimum Gasteiger partial charge on any atom is -0.384 e. The third-order valence-electron chi connectivity index (χ3n) is 2.39. The molecule has 0 aliphatic rings. The van der Waals surface area contributed by atoms with Crippen molar-refractivity contribution in [3.63, 3.8) is 0 Å². The van der Waals surface area contributed by atoms with E-state index in [4.69, 9.17) is 4.52 Å². The molecule has 0 aliphatic heterocycles. The third kappa shape index (κ3) is 3.92. The Morgan fingerprint density at radius 1 is 1.18 bits per heavy atom. The van der Waals surface area contributed by atoms with E-state index in [0.29, 0.717) is 0 Å². The van der Waals surface area contributed by atoms with Crippen LogP contribution < -0.4 is 10.6 Å². The molecular weight excluding hydrogens is 214 g/mol. The van der Waals surface area contributed by atoms with E-state index in [-0.39, 0.29) is 0 Å². The molecule has 0 amide bonds. The highest BCUT2D eigenvalue weighted by Crippen LogP contribution is 2.03. The Balaban J connectivity index is 1.61. The van der Waals surface area contributed by atoms with Gasteiger partial charge in [-0.1, -0.05) is 23.4 Å². The van der Waals surface area contributed by atoms with Crippen LogP contribution >= 0.6 is 0 Å². The summed E-state index contributed by atoms with van der Waals surface area (Å²) in [4.78, 5) is 0. The Morgan fingerprint density at radius 3 is 2.71 bits per heavy atom. The fourth-order valence-corrected chi connectivity index (χ4v) is 1.57. The van der Waals surface area contributed by atoms with Crippen LogP contribution in [0.15, 0.2) is 40.9 Å². The molecular formula is C13H17N3O. The number of nitrogens with one attached hydrogen (secondary N) is 2. The summed E-state index contributed by atoms with van der Waals surface area (Å²) in [6.45, 7) is 4.42. The molecule has 1 aromatic carbocycles. The Labute approximate surface area is 101 Å². The van der Waals surface area contributed by atoms with E-state index < -0.39 is 0 Å². The molecule has 2 N–H and O–H groups in total. The second-order valence-corrected chi connectivity index (χ2v) is 3.90. The zero-order chi connectivity index (χ0) is 11.9. The zero-order valence-corrected chi connectivity index (χ0v) is 9.94. The second-order valence-electron chi connectivity index (χ2n) is 3.90. The maximum absolute atomic E-state index is 4.99. The van der Waals surface area contributed by atoms with Gasteiger partial charge in [0.05, 0.1) is 5.69 Å². The first-order valence-corrected chi connectivity index (χ1v) is 5.76. The molecule has 4 heteroatoms. The molecule has 0 aliphatic carbocycles. The van der Waals surface area contributed by atoms with E-state index in [0.717, 1.165) is 36.8 Å². The van der Waals surface area contributed by atoms with Crippen molar-refractivity contribution in [1.82, 2.24) is 10.5 Å². The molecule has 0 saturated heterocycles. The number of anilines is 1. The lowest BCUT2D eigenvalue weighted by Gasteiger charge is -2.06. The van der Waals surface area contributed by atoms with Crippen LogP contribution in [0.2, 0.25) is 0 Å².